The first kappa shape index (κ1) is 12.7. The molecule has 0 aliphatic carbocycles. The number of nitrogens with one attached hydrogen (secondary N) is 1. The Bertz CT molecular complexity index is 583. The first-order valence-corrected chi connectivity index (χ1v) is 6.39. The van der Waals surface area contributed by atoms with Crippen LogP contribution in [0.5, 0.6) is 0 Å². The number of hydrogen-bond donors (Lipinski definition) is 1. The van der Waals surface area contributed by atoms with E-state index in [0.717, 1.165) is 29.0 Å². The Labute approximate surface area is 114 Å². The van der Waals surface area contributed by atoms with Gasteiger partial charge in [-0.3, -0.25) is 0 Å². The molecule has 0 spiro atoms. The van der Waals surface area contributed by atoms with E-state index in [0.29, 0.717) is 5.56 Å². The van der Waals surface area contributed by atoms with Crippen LogP contribution in [0.4, 0.5) is 5.69 Å². The number of nitrogens with zero attached hydrogens (tertiary/aromatic N) is 3. The lowest BCUT2D eigenvalue weighted by Gasteiger charge is -2.08. The molecule has 0 atom stereocenters. The van der Waals surface area contributed by atoms with Crippen LogP contribution in [0.3, 0.4) is 0 Å². The van der Waals surface area contributed by atoms with Gasteiger partial charge in [-0.2, -0.15) is 5.26 Å². The number of anilines is 1. The van der Waals surface area contributed by atoms with E-state index in [1.807, 2.05) is 29.9 Å². The molecular formula is C13H13BrN4. The average Bonchev–Trinajstić information content (AvgIpc) is 2.76. The molecule has 1 N–H and O–H groups in total. The summed E-state index contributed by atoms with van der Waals surface area (Å²) in [6.45, 7) is 0.746. The Balaban J connectivity index is 2.00. The predicted molar refractivity (Wildman–Crippen MR) is 74.3 cm³/mol. The Morgan fingerprint density at radius 1 is 1.50 bits per heavy atom. The van der Waals surface area contributed by atoms with Crippen LogP contribution in [0.2, 0.25) is 0 Å². The summed E-state index contributed by atoms with van der Waals surface area (Å²) in [6, 6.07) is 7.75. The summed E-state index contributed by atoms with van der Waals surface area (Å²) in [4.78, 5) is 4.26. The highest BCUT2D eigenvalue weighted by atomic mass is 79.9. The molecule has 0 aliphatic rings. The second-order valence-corrected chi connectivity index (χ2v) is 4.85. The van der Waals surface area contributed by atoms with Crippen molar-refractivity contribution in [2.75, 3.05) is 11.9 Å². The van der Waals surface area contributed by atoms with E-state index in [2.05, 4.69) is 32.3 Å². The topological polar surface area (TPSA) is 53.6 Å². The minimum absolute atomic E-state index is 0.651. The van der Waals surface area contributed by atoms with E-state index in [-0.39, 0.29) is 0 Å². The molecule has 0 radical (unpaired) electrons. The summed E-state index contributed by atoms with van der Waals surface area (Å²) in [5.74, 6) is 1.02. The van der Waals surface area contributed by atoms with Crippen LogP contribution in [0.15, 0.2) is 35.1 Å². The maximum atomic E-state index is 9.01. The first-order chi connectivity index (χ1) is 8.70. The third-order valence-electron chi connectivity index (χ3n) is 2.69. The fourth-order valence-corrected chi connectivity index (χ4v) is 2.07. The third kappa shape index (κ3) is 2.90. The molecule has 0 aliphatic heterocycles. The van der Waals surface area contributed by atoms with Crippen molar-refractivity contribution in [3.63, 3.8) is 0 Å². The molecule has 0 bridgehead atoms. The van der Waals surface area contributed by atoms with Gasteiger partial charge in [0, 0.05) is 36.9 Å². The number of halogens is 1. The highest BCUT2D eigenvalue weighted by Gasteiger charge is 2.03. The summed E-state index contributed by atoms with van der Waals surface area (Å²) in [6.07, 6.45) is 4.53. The molecule has 1 aromatic carbocycles. The fraction of sp³-hybridized carbons (Fsp3) is 0.231. The van der Waals surface area contributed by atoms with Crippen LogP contribution >= 0.6 is 15.9 Å². The normalized spacial score (nSPS) is 10.1. The van der Waals surface area contributed by atoms with Gasteiger partial charge in [0.2, 0.25) is 0 Å². The van der Waals surface area contributed by atoms with Gasteiger partial charge >= 0.3 is 0 Å². The Kier molecular flexibility index (Phi) is 4.00. The van der Waals surface area contributed by atoms with Crippen molar-refractivity contribution in [2.24, 2.45) is 7.05 Å². The van der Waals surface area contributed by atoms with Gasteiger partial charge in [-0.05, 0) is 18.2 Å². The SMILES string of the molecule is Cn1ccnc1CCNc1cc(Br)ccc1C#N. The number of aromatic nitrogens is 2. The van der Waals surface area contributed by atoms with Crippen molar-refractivity contribution >= 4 is 21.6 Å². The number of hydrogen-bond acceptors (Lipinski definition) is 3. The number of imidazole rings is 1. The summed E-state index contributed by atoms with van der Waals surface area (Å²) < 4.78 is 2.95. The molecule has 4 nitrogen and oxygen atoms in total. The zero-order valence-corrected chi connectivity index (χ0v) is 11.6. The molecule has 0 fully saturated rings. The van der Waals surface area contributed by atoms with E-state index in [1.165, 1.54) is 0 Å². The van der Waals surface area contributed by atoms with Gasteiger partial charge in [0.1, 0.15) is 11.9 Å². The largest absolute Gasteiger partial charge is 0.383 e. The van der Waals surface area contributed by atoms with E-state index in [9.17, 15) is 0 Å². The average molecular weight is 305 g/mol. The number of rotatable bonds is 4. The maximum absolute atomic E-state index is 9.01. The van der Waals surface area contributed by atoms with Crippen LogP contribution in [-0.4, -0.2) is 16.1 Å². The molecule has 92 valence electrons. The van der Waals surface area contributed by atoms with Crippen molar-refractivity contribution in [2.45, 2.75) is 6.42 Å². The van der Waals surface area contributed by atoms with Gasteiger partial charge in [0.25, 0.3) is 0 Å². The van der Waals surface area contributed by atoms with Crippen molar-refractivity contribution in [3.05, 3.63) is 46.5 Å². The van der Waals surface area contributed by atoms with Crippen LogP contribution in [0.25, 0.3) is 0 Å². The van der Waals surface area contributed by atoms with E-state index in [1.54, 1.807) is 12.3 Å². The molecule has 0 unspecified atom stereocenters. The zero-order valence-electron chi connectivity index (χ0n) is 10.0. The minimum Gasteiger partial charge on any atom is -0.383 e. The van der Waals surface area contributed by atoms with Crippen molar-refractivity contribution in [1.29, 1.82) is 5.26 Å². The van der Waals surface area contributed by atoms with Crippen molar-refractivity contribution in [3.8, 4) is 6.07 Å². The fourth-order valence-electron chi connectivity index (χ4n) is 1.71. The van der Waals surface area contributed by atoms with Gasteiger partial charge in [0.05, 0.1) is 11.3 Å². The van der Waals surface area contributed by atoms with Crippen LogP contribution in [0.1, 0.15) is 11.4 Å². The molecule has 5 heteroatoms. The van der Waals surface area contributed by atoms with Gasteiger partial charge < -0.3 is 9.88 Å². The van der Waals surface area contributed by atoms with Gasteiger partial charge in [0.15, 0.2) is 0 Å². The number of nitriles is 1. The standard InChI is InChI=1S/C13H13BrN4/c1-18-7-6-17-13(18)4-5-16-12-8-11(14)3-2-10(12)9-15/h2-3,6-8,16H,4-5H2,1H3. The molecule has 0 saturated heterocycles. The van der Waals surface area contributed by atoms with Crippen molar-refractivity contribution in [1.82, 2.24) is 9.55 Å². The van der Waals surface area contributed by atoms with Crippen LogP contribution < -0.4 is 5.32 Å². The minimum atomic E-state index is 0.651. The van der Waals surface area contributed by atoms with Gasteiger partial charge in [-0.25, -0.2) is 4.98 Å². The molecular weight excluding hydrogens is 292 g/mol. The second-order valence-electron chi connectivity index (χ2n) is 3.93. The molecule has 0 amide bonds. The zero-order chi connectivity index (χ0) is 13.0. The molecule has 2 aromatic rings. The number of benzene rings is 1. The molecule has 18 heavy (non-hydrogen) atoms. The summed E-state index contributed by atoms with van der Waals surface area (Å²) in [5.41, 5.74) is 1.50. The van der Waals surface area contributed by atoms with Crippen LogP contribution in [-0.2, 0) is 13.5 Å². The lowest BCUT2D eigenvalue weighted by Crippen LogP contribution is -2.09. The maximum Gasteiger partial charge on any atom is 0.110 e. The Morgan fingerprint density at radius 2 is 2.33 bits per heavy atom. The first-order valence-electron chi connectivity index (χ1n) is 5.60. The Morgan fingerprint density at radius 3 is 3.00 bits per heavy atom. The van der Waals surface area contributed by atoms with E-state index in [4.69, 9.17) is 5.26 Å². The Hall–Kier alpha value is -1.80. The highest BCUT2D eigenvalue weighted by molar-refractivity contribution is 9.10. The molecule has 0 saturated carbocycles. The smallest absolute Gasteiger partial charge is 0.110 e. The molecule has 2 rings (SSSR count). The summed E-state index contributed by atoms with van der Waals surface area (Å²) in [7, 11) is 1.97. The quantitative estimate of drug-likeness (QED) is 0.945. The van der Waals surface area contributed by atoms with Gasteiger partial charge in [-0.15, -0.1) is 0 Å². The monoisotopic (exact) mass is 304 g/mol. The summed E-state index contributed by atoms with van der Waals surface area (Å²) in [5, 5.41) is 12.3. The molecule has 1 heterocycles. The number of aryl methyl sites for hydroxylation is 1. The lowest BCUT2D eigenvalue weighted by atomic mass is 10.2. The third-order valence-corrected chi connectivity index (χ3v) is 3.18. The summed E-state index contributed by atoms with van der Waals surface area (Å²) >= 11 is 3.40. The lowest BCUT2D eigenvalue weighted by molar-refractivity contribution is 0.789. The highest BCUT2D eigenvalue weighted by Crippen LogP contribution is 2.20. The molecule has 1 aromatic heterocycles. The predicted octanol–water partition coefficient (Wildman–Crippen LogP) is 2.71. The van der Waals surface area contributed by atoms with Gasteiger partial charge in [-0.1, -0.05) is 15.9 Å². The second kappa shape index (κ2) is 5.69. The van der Waals surface area contributed by atoms with Crippen molar-refractivity contribution < 1.29 is 0 Å². The van der Waals surface area contributed by atoms with E-state index < -0.39 is 0 Å². The van der Waals surface area contributed by atoms with Crippen LogP contribution in [0, 0.1) is 11.3 Å². The van der Waals surface area contributed by atoms with E-state index >= 15 is 0 Å².